The van der Waals surface area contributed by atoms with Crippen LogP contribution in [-0.4, -0.2) is 16.1 Å². The quantitative estimate of drug-likeness (QED) is 0.833. The van der Waals surface area contributed by atoms with Gasteiger partial charge in [0.2, 0.25) is 0 Å². The zero-order valence-electron chi connectivity index (χ0n) is 8.20. The molecule has 1 aromatic heterocycles. The molecule has 1 N–H and O–H groups in total. The number of pyridine rings is 1. The van der Waals surface area contributed by atoms with Crippen molar-refractivity contribution < 1.29 is 9.90 Å². The van der Waals surface area contributed by atoms with Crippen molar-refractivity contribution in [1.82, 2.24) is 4.98 Å². The highest BCUT2D eigenvalue weighted by Crippen LogP contribution is 2.21. The van der Waals surface area contributed by atoms with Crippen molar-refractivity contribution in [3.63, 3.8) is 0 Å². The molecule has 0 saturated heterocycles. The van der Waals surface area contributed by atoms with Crippen molar-refractivity contribution in [2.45, 2.75) is 19.8 Å². The first kappa shape index (κ1) is 12.3. The number of aromatic nitrogens is 1. The van der Waals surface area contributed by atoms with Gasteiger partial charge in [0.1, 0.15) is 5.15 Å². The van der Waals surface area contributed by atoms with Gasteiger partial charge in [-0.2, -0.15) is 0 Å². The number of hydrogen-bond acceptors (Lipinski definition) is 2. The van der Waals surface area contributed by atoms with Gasteiger partial charge in [-0.05, 0) is 24.5 Å². The lowest BCUT2D eigenvalue weighted by atomic mass is 10.0. The number of aryl methyl sites for hydroxylation is 1. The second kappa shape index (κ2) is 5.33. The van der Waals surface area contributed by atoms with E-state index in [0.717, 1.165) is 5.56 Å². The number of carboxylic acid groups (broad SMARTS) is 1. The van der Waals surface area contributed by atoms with Gasteiger partial charge >= 0.3 is 5.97 Å². The molecule has 0 aliphatic carbocycles. The van der Waals surface area contributed by atoms with Crippen molar-refractivity contribution in [3.05, 3.63) is 28.0 Å². The number of carboxylic acids is 1. The van der Waals surface area contributed by atoms with Gasteiger partial charge in [-0.1, -0.05) is 30.1 Å². The lowest BCUT2D eigenvalue weighted by Crippen LogP contribution is -2.10. The average molecular weight is 248 g/mol. The fourth-order valence-electron chi connectivity index (χ4n) is 1.10. The molecule has 0 aliphatic rings. The van der Waals surface area contributed by atoms with E-state index in [1.165, 1.54) is 0 Å². The SMILES string of the molecule is CC(CCc1cnc(Cl)c(Cl)c1)C(=O)O. The van der Waals surface area contributed by atoms with Gasteiger partial charge in [-0.15, -0.1) is 0 Å². The number of halogens is 2. The van der Waals surface area contributed by atoms with E-state index in [1.54, 1.807) is 19.2 Å². The van der Waals surface area contributed by atoms with Gasteiger partial charge in [-0.3, -0.25) is 4.79 Å². The van der Waals surface area contributed by atoms with E-state index in [2.05, 4.69) is 4.98 Å². The Morgan fingerprint density at radius 2 is 2.27 bits per heavy atom. The van der Waals surface area contributed by atoms with Crippen LogP contribution in [0.15, 0.2) is 12.3 Å². The fraction of sp³-hybridized carbons (Fsp3) is 0.400. The Kier molecular flexibility index (Phi) is 4.36. The number of aliphatic carboxylic acids is 1. The summed E-state index contributed by atoms with van der Waals surface area (Å²) in [5, 5.41) is 9.37. The van der Waals surface area contributed by atoms with Crippen LogP contribution in [0.4, 0.5) is 0 Å². The summed E-state index contributed by atoms with van der Waals surface area (Å²) in [6.07, 6.45) is 2.81. The Morgan fingerprint density at radius 1 is 1.60 bits per heavy atom. The first-order chi connectivity index (χ1) is 7.00. The largest absolute Gasteiger partial charge is 0.481 e. The fourth-order valence-corrected chi connectivity index (χ4v) is 1.40. The molecule has 0 aliphatic heterocycles. The van der Waals surface area contributed by atoms with Crippen LogP contribution in [-0.2, 0) is 11.2 Å². The molecule has 0 saturated carbocycles. The van der Waals surface area contributed by atoms with Crippen molar-refractivity contribution in [2.24, 2.45) is 5.92 Å². The molecule has 5 heteroatoms. The predicted molar refractivity (Wildman–Crippen MR) is 59.4 cm³/mol. The molecule has 1 heterocycles. The van der Waals surface area contributed by atoms with Gasteiger partial charge in [0.25, 0.3) is 0 Å². The smallest absolute Gasteiger partial charge is 0.306 e. The second-order valence-electron chi connectivity index (χ2n) is 3.39. The van der Waals surface area contributed by atoms with Crippen molar-refractivity contribution >= 4 is 29.2 Å². The van der Waals surface area contributed by atoms with Crippen LogP contribution in [0.2, 0.25) is 10.2 Å². The van der Waals surface area contributed by atoms with Crippen LogP contribution in [0.3, 0.4) is 0 Å². The molecule has 3 nitrogen and oxygen atoms in total. The Hall–Kier alpha value is -0.800. The van der Waals surface area contributed by atoms with E-state index in [9.17, 15) is 4.79 Å². The third kappa shape index (κ3) is 3.68. The summed E-state index contributed by atoms with van der Waals surface area (Å²) >= 11 is 11.4. The van der Waals surface area contributed by atoms with E-state index in [-0.39, 0.29) is 11.1 Å². The molecule has 0 spiro atoms. The lowest BCUT2D eigenvalue weighted by molar-refractivity contribution is -0.141. The highest BCUT2D eigenvalue weighted by molar-refractivity contribution is 6.41. The number of rotatable bonds is 4. The number of hydrogen-bond donors (Lipinski definition) is 1. The van der Waals surface area contributed by atoms with Crippen LogP contribution in [0.5, 0.6) is 0 Å². The molecule has 82 valence electrons. The highest BCUT2D eigenvalue weighted by atomic mass is 35.5. The topological polar surface area (TPSA) is 50.2 Å². The van der Waals surface area contributed by atoms with Crippen LogP contribution in [0.1, 0.15) is 18.9 Å². The van der Waals surface area contributed by atoms with Crippen LogP contribution in [0, 0.1) is 5.92 Å². The Labute approximate surface area is 98.0 Å². The van der Waals surface area contributed by atoms with Crippen LogP contribution >= 0.6 is 23.2 Å². The molecule has 1 unspecified atom stereocenters. The van der Waals surface area contributed by atoms with E-state index >= 15 is 0 Å². The third-order valence-corrected chi connectivity index (χ3v) is 2.83. The monoisotopic (exact) mass is 247 g/mol. The summed E-state index contributed by atoms with van der Waals surface area (Å²) in [7, 11) is 0. The van der Waals surface area contributed by atoms with Gasteiger partial charge in [0.05, 0.1) is 10.9 Å². The summed E-state index contributed by atoms with van der Waals surface area (Å²) in [5.74, 6) is -1.15. The lowest BCUT2D eigenvalue weighted by Gasteiger charge is -2.06. The maximum Gasteiger partial charge on any atom is 0.306 e. The Balaban J connectivity index is 2.58. The predicted octanol–water partition coefficient (Wildman–Crippen LogP) is 3.04. The van der Waals surface area contributed by atoms with E-state index in [4.69, 9.17) is 28.3 Å². The Morgan fingerprint density at radius 3 is 2.80 bits per heavy atom. The molecule has 1 aromatic rings. The normalized spacial score (nSPS) is 12.5. The molecule has 0 bridgehead atoms. The maximum atomic E-state index is 10.6. The van der Waals surface area contributed by atoms with Gasteiger partial charge < -0.3 is 5.11 Å². The van der Waals surface area contributed by atoms with Crippen molar-refractivity contribution in [1.29, 1.82) is 0 Å². The summed E-state index contributed by atoms with van der Waals surface area (Å²) in [6.45, 7) is 1.67. The second-order valence-corrected chi connectivity index (χ2v) is 4.16. The van der Waals surface area contributed by atoms with Crippen LogP contribution in [0.25, 0.3) is 0 Å². The summed E-state index contributed by atoms with van der Waals surface area (Å²) in [6, 6.07) is 1.71. The highest BCUT2D eigenvalue weighted by Gasteiger charge is 2.11. The molecule has 0 aromatic carbocycles. The third-order valence-electron chi connectivity index (χ3n) is 2.14. The van der Waals surface area contributed by atoms with Gasteiger partial charge in [-0.25, -0.2) is 4.98 Å². The first-order valence-corrected chi connectivity index (χ1v) is 5.29. The average Bonchev–Trinajstić information content (AvgIpc) is 2.19. The molecule has 15 heavy (non-hydrogen) atoms. The molecule has 1 atom stereocenters. The van der Waals surface area contributed by atoms with E-state index in [1.807, 2.05) is 0 Å². The first-order valence-electron chi connectivity index (χ1n) is 4.53. The summed E-state index contributed by atoms with van der Waals surface area (Å²) in [5.41, 5.74) is 0.900. The molecule has 0 amide bonds. The summed E-state index contributed by atoms with van der Waals surface area (Å²) < 4.78 is 0. The minimum absolute atomic E-state index is 0.270. The zero-order valence-corrected chi connectivity index (χ0v) is 9.72. The minimum Gasteiger partial charge on any atom is -0.481 e. The molecule has 0 radical (unpaired) electrons. The molecular formula is C10H11Cl2NO2. The molecule has 1 rings (SSSR count). The standard InChI is InChI=1S/C10H11Cl2NO2/c1-6(10(14)15)2-3-7-4-8(11)9(12)13-5-7/h4-6H,2-3H2,1H3,(H,14,15). The minimum atomic E-state index is -0.789. The molecular weight excluding hydrogens is 237 g/mol. The van der Waals surface area contributed by atoms with E-state index in [0.29, 0.717) is 17.9 Å². The van der Waals surface area contributed by atoms with Crippen molar-refractivity contribution in [2.75, 3.05) is 0 Å². The number of nitrogens with zero attached hydrogens (tertiary/aromatic N) is 1. The van der Waals surface area contributed by atoms with Gasteiger partial charge in [0.15, 0.2) is 0 Å². The van der Waals surface area contributed by atoms with Gasteiger partial charge in [0, 0.05) is 6.20 Å². The van der Waals surface area contributed by atoms with E-state index < -0.39 is 5.97 Å². The zero-order chi connectivity index (χ0) is 11.4. The number of carbonyl (C=O) groups is 1. The Bertz CT molecular complexity index is 368. The molecule has 0 fully saturated rings. The van der Waals surface area contributed by atoms with Crippen molar-refractivity contribution in [3.8, 4) is 0 Å². The van der Waals surface area contributed by atoms with Crippen LogP contribution < -0.4 is 0 Å². The summed E-state index contributed by atoms with van der Waals surface area (Å²) in [4.78, 5) is 14.5. The maximum absolute atomic E-state index is 10.6.